The zero-order chi connectivity index (χ0) is 12.4. The topological polar surface area (TPSA) is 51.8 Å². The standard InChI is InChI=1S/C14H13N3S/c15-11(10-4-3-7-16-9-10)8-14-17-12-5-1-2-6-13(12)18-14/h1-7,9,11H,8,15H2. The van der Waals surface area contributed by atoms with E-state index in [9.17, 15) is 0 Å². The van der Waals surface area contributed by atoms with E-state index in [1.165, 1.54) is 4.70 Å². The molecule has 0 aliphatic rings. The average molecular weight is 255 g/mol. The first-order valence-corrected chi connectivity index (χ1v) is 6.64. The fourth-order valence-electron chi connectivity index (χ4n) is 1.91. The van der Waals surface area contributed by atoms with E-state index < -0.39 is 0 Å². The second-order valence-electron chi connectivity index (χ2n) is 4.17. The molecule has 4 heteroatoms. The highest BCUT2D eigenvalue weighted by Crippen LogP contribution is 2.24. The van der Waals surface area contributed by atoms with Crippen LogP contribution in [0.1, 0.15) is 16.6 Å². The molecule has 0 amide bonds. The monoisotopic (exact) mass is 255 g/mol. The number of aromatic nitrogens is 2. The van der Waals surface area contributed by atoms with Crippen molar-refractivity contribution in [2.24, 2.45) is 5.73 Å². The smallest absolute Gasteiger partial charge is 0.0957 e. The lowest BCUT2D eigenvalue weighted by atomic mass is 10.1. The minimum Gasteiger partial charge on any atom is -0.324 e. The third-order valence-corrected chi connectivity index (χ3v) is 3.90. The Morgan fingerprint density at radius 1 is 1.17 bits per heavy atom. The van der Waals surface area contributed by atoms with E-state index in [1.54, 1.807) is 17.5 Å². The highest BCUT2D eigenvalue weighted by molar-refractivity contribution is 7.18. The summed E-state index contributed by atoms with van der Waals surface area (Å²) in [5.41, 5.74) is 8.28. The minimum atomic E-state index is -0.0423. The van der Waals surface area contributed by atoms with Crippen LogP contribution in [0.15, 0.2) is 48.8 Å². The molecule has 90 valence electrons. The van der Waals surface area contributed by atoms with Crippen LogP contribution < -0.4 is 5.73 Å². The molecule has 2 heterocycles. The predicted molar refractivity (Wildman–Crippen MR) is 74.5 cm³/mol. The third kappa shape index (κ3) is 2.25. The van der Waals surface area contributed by atoms with Gasteiger partial charge in [-0.2, -0.15) is 0 Å². The van der Waals surface area contributed by atoms with Crippen LogP contribution in [-0.2, 0) is 6.42 Å². The van der Waals surface area contributed by atoms with Crippen LogP contribution in [0, 0.1) is 0 Å². The first kappa shape index (κ1) is 11.3. The van der Waals surface area contributed by atoms with E-state index in [1.807, 2.05) is 36.5 Å². The molecule has 0 spiro atoms. The van der Waals surface area contributed by atoms with Crippen LogP contribution in [0.4, 0.5) is 0 Å². The van der Waals surface area contributed by atoms with Crippen molar-refractivity contribution in [1.82, 2.24) is 9.97 Å². The molecule has 0 radical (unpaired) electrons. The summed E-state index contributed by atoms with van der Waals surface area (Å²) < 4.78 is 1.21. The molecule has 1 aromatic carbocycles. The van der Waals surface area contributed by atoms with E-state index in [4.69, 9.17) is 5.73 Å². The number of para-hydroxylation sites is 1. The van der Waals surface area contributed by atoms with Gasteiger partial charge in [0.25, 0.3) is 0 Å². The number of thiazole rings is 1. The summed E-state index contributed by atoms with van der Waals surface area (Å²) in [6.07, 6.45) is 4.33. The highest BCUT2D eigenvalue weighted by Gasteiger charge is 2.10. The van der Waals surface area contributed by atoms with Gasteiger partial charge in [0.2, 0.25) is 0 Å². The zero-order valence-corrected chi connectivity index (χ0v) is 10.6. The number of hydrogen-bond acceptors (Lipinski definition) is 4. The van der Waals surface area contributed by atoms with Crippen molar-refractivity contribution >= 4 is 21.6 Å². The molecule has 3 rings (SSSR count). The fourth-order valence-corrected chi connectivity index (χ4v) is 2.93. The number of nitrogens with zero attached hydrogens (tertiary/aromatic N) is 2. The molecular weight excluding hydrogens is 242 g/mol. The lowest BCUT2D eigenvalue weighted by Crippen LogP contribution is -2.13. The van der Waals surface area contributed by atoms with E-state index in [0.717, 1.165) is 22.5 Å². The molecule has 18 heavy (non-hydrogen) atoms. The van der Waals surface area contributed by atoms with Crippen molar-refractivity contribution < 1.29 is 0 Å². The molecule has 0 saturated carbocycles. The summed E-state index contributed by atoms with van der Waals surface area (Å²) in [6.45, 7) is 0. The van der Waals surface area contributed by atoms with E-state index in [-0.39, 0.29) is 6.04 Å². The number of fused-ring (bicyclic) bond motifs is 1. The Kier molecular flexibility index (Phi) is 3.04. The molecular formula is C14H13N3S. The lowest BCUT2D eigenvalue weighted by molar-refractivity contribution is 0.715. The van der Waals surface area contributed by atoms with Crippen LogP contribution in [0.5, 0.6) is 0 Å². The van der Waals surface area contributed by atoms with Gasteiger partial charge in [-0.15, -0.1) is 11.3 Å². The number of hydrogen-bond donors (Lipinski definition) is 1. The number of nitrogens with two attached hydrogens (primary N) is 1. The summed E-state index contributed by atoms with van der Waals surface area (Å²) in [5.74, 6) is 0. The Morgan fingerprint density at radius 3 is 2.83 bits per heavy atom. The Balaban J connectivity index is 1.84. The lowest BCUT2D eigenvalue weighted by Gasteiger charge is -2.08. The van der Waals surface area contributed by atoms with Crippen molar-refractivity contribution in [3.63, 3.8) is 0 Å². The molecule has 0 saturated heterocycles. The Hall–Kier alpha value is -1.78. The van der Waals surface area contributed by atoms with Crippen molar-refractivity contribution in [3.8, 4) is 0 Å². The van der Waals surface area contributed by atoms with Gasteiger partial charge < -0.3 is 5.73 Å². The van der Waals surface area contributed by atoms with Crippen LogP contribution in [-0.4, -0.2) is 9.97 Å². The Bertz CT molecular complexity index is 615. The van der Waals surface area contributed by atoms with E-state index in [2.05, 4.69) is 16.0 Å². The Morgan fingerprint density at radius 2 is 2.06 bits per heavy atom. The molecule has 2 N–H and O–H groups in total. The molecule has 0 bridgehead atoms. The van der Waals surface area contributed by atoms with E-state index in [0.29, 0.717) is 0 Å². The van der Waals surface area contributed by atoms with Crippen LogP contribution in [0.25, 0.3) is 10.2 Å². The molecule has 1 atom stereocenters. The van der Waals surface area contributed by atoms with Crippen LogP contribution in [0.2, 0.25) is 0 Å². The molecule has 0 fully saturated rings. The quantitative estimate of drug-likeness (QED) is 0.783. The summed E-state index contributed by atoms with van der Waals surface area (Å²) in [6, 6.07) is 12.0. The van der Waals surface area contributed by atoms with Crippen molar-refractivity contribution in [2.75, 3.05) is 0 Å². The van der Waals surface area contributed by atoms with Crippen molar-refractivity contribution in [3.05, 3.63) is 59.4 Å². The summed E-state index contributed by atoms with van der Waals surface area (Å²) >= 11 is 1.71. The normalized spacial score (nSPS) is 12.7. The van der Waals surface area contributed by atoms with Gasteiger partial charge in [-0.25, -0.2) is 4.98 Å². The van der Waals surface area contributed by atoms with Gasteiger partial charge in [0.1, 0.15) is 0 Å². The van der Waals surface area contributed by atoms with Gasteiger partial charge in [0, 0.05) is 24.9 Å². The van der Waals surface area contributed by atoms with Gasteiger partial charge in [-0.1, -0.05) is 18.2 Å². The van der Waals surface area contributed by atoms with Crippen molar-refractivity contribution in [1.29, 1.82) is 0 Å². The van der Waals surface area contributed by atoms with Gasteiger partial charge in [-0.05, 0) is 23.8 Å². The maximum absolute atomic E-state index is 6.18. The minimum absolute atomic E-state index is 0.0423. The van der Waals surface area contributed by atoms with Gasteiger partial charge >= 0.3 is 0 Å². The maximum atomic E-state index is 6.18. The zero-order valence-electron chi connectivity index (χ0n) is 9.78. The van der Waals surface area contributed by atoms with E-state index >= 15 is 0 Å². The molecule has 2 aromatic heterocycles. The number of benzene rings is 1. The van der Waals surface area contributed by atoms with Crippen LogP contribution in [0.3, 0.4) is 0 Å². The molecule has 3 aromatic rings. The maximum Gasteiger partial charge on any atom is 0.0957 e. The van der Waals surface area contributed by atoms with Gasteiger partial charge in [0.15, 0.2) is 0 Å². The summed E-state index contributed by atoms with van der Waals surface area (Å²) in [7, 11) is 0. The largest absolute Gasteiger partial charge is 0.324 e. The highest BCUT2D eigenvalue weighted by atomic mass is 32.1. The SMILES string of the molecule is NC(Cc1nc2ccccc2s1)c1cccnc1. The summed E-state index contributed by atoms with van der Waals surface area (Å²) in [4.78, 5) is 8.69. The fraction of sp³-hybridized carbons (Fsp3) is 0.143. The average Bonchev–Trinajstić information content (AvgIpc) is 2.82. The second-order valence-corrected chi connectivity index (χ2v) is 5.29. The number of rotatable bonds is 3. The first-order valence-electron chi connectivity index (χ1n) is 5.83. The van der Waals surface area contributed by atoms with Crippen LogP contribution >= 0.6 is 11.3 Å². The van der Waals surface area contributed by atoms with Crippen molar-refractivity contribution in [2.45, 2.75) is 12.5 Å². The first-order chi connectivity index (χ1) is 8.83. The molecule has 3 nitrogen and oxygen atoms in total. The third-order valence-electron chi connectivity index (χ3n) is 2.85. The predicted octanol–water partition coefficient (Wildman–Crippen LogP) is 2.93. The van der Waals surface area contributed by atoms with Gasteiger partial charge in [0.05, 0.1) is 15.2 Å². The molecule has 0 aliphatic carbocycles. The summed E-state index contributed by atoms with van der Waals surface area (Å²) in [5, 5.41) is 1.08. The second kappa shape index (κ2) is 4.84. The van der Waals surface area contributed by atoms with Gasteiger partial charge in [-0.3, -0.25) is 4.98 Å². The number of pyridine rings is 1. The molecule has 1 unspecified atom stereocenters. The Labute approximate surface area is 109 Å². The molecule has 0 aliphatic heterocycles.